The third kappa shape index (κ3) is 1.81. The van der Waals surface area contributed by atoms with Gasteiger partial charge in [0.2, 0.25) is 0 Å². The highest BCUT2D eigenvalue weighted by molar-refractivity contribution is 5.45. The Bertz CT molecular complexity index is 368. The summed E-state index contributed by atoms with van der Waals surface area (Å²) in [5, 5.41) is 9.08. The first-order valence-electron chi connectivity index (χ1n) is 5.85. The van der Waals surface area contributed by atoms with E-state index in [0.717, 1.165) is 6.42 Å². The lowest BCUT2D eigenvalue weighted by Gasteiger charge is -2.12. The summed E-state index contributed by atoms with van der Waals surface area (Å²) in [6.07, 6.45) is 2.13. The molecule has 1 aliphatic carbocycles. The molecule has 2 atom stereocenters. The molecule has 0 fully saturated rings. The maximum atomic E-state index is 9.08. The predicted molar refractivity (Wildman–Crippen MR) is 63.4 cm³/mol. The van der Waals surface area contributed by atoms with Gasteiger partial charge >= 0.3 is 0 Å². The maximum absolute atomic E-state index is 9.08. The summed E-state index contributed by atoms with van der Waals surface area (Å²) in [6.45, 7) is 6.98. The fourth-order valence-corrected chi connectivity index (χ4v) is 3.12. The number of fused-ring (bicyclic) bond motifs is 1. The molecule has 2 rings (SSSR count). The van der Waals surface area contributed by atoms with Gasteiger partial charge in [0.05, 0.1) is 0 Å². The second-order valence-corrected chi connectivity index (χ2v) is 4.93. The molecule has 0 spiro atoms. The van der Waals surface area contributed by atoms with E-state index in [9.17, 15) is 0 Å². The molecule has 0 bridgehead atoms. The quantitative estimate of drug-likeness (QED) is 0.784. The monoisotopic (exact) mass is 204 g/mol. The minimum absolute atomic E-state index is 0.309. The zero-order chi connectivity index (χ0) is 11.0. The van der Waals surface area contributed by atoms with Gasteiger partial charge in [-0.3, -0.25) is 0 Å². The molecule has 1 N–H and O–H groups in total. The van der Waals surface area contributed by atoms with E-state index in [0.29, 0.717) is 18.4 Å². The molecule has 0 radical (unpaired) electrons. The molecule has 0 amide bonds. The van der Waals surface area contributed by atoms with Crippen LogP contribution in [0.1, 0.15) is 53.9 Å². The van der Waals surface area contributed by atoms with Gasteiger partial charge in [0.25, 0.3) is 0 Å². The van der Waals surface area contributed by atoms with E-state index in [1.54, 1.807) is 5.56 Å². The molecule has 1 aromatic carbocycles. The molecule has 82 valence electrons. The second-order valence-electron chi connectivity index (χ2n) is 4.93. The minimum atomic E-state index is 0.309. The molecule has 1 heteroatoms. The van der Waals surface area contributed by atoms with Gasteiger partial charge in [-0.2, -0.15) is 0 Å². The average molecular weight is 204 g/mol. The zero-order valence-corrected chi connectivity index (χ0v) is 9.88. The number of aliphatic hydroxyl groups excluding tert-OH is 1. The first kappa shape index (κ1) is 10.7. The van der Waals surface area contributed by atoms with E-state index < -0.39 is 0 Å². The number of hydrogen-bond acceptors (Lipinski definition) is 1. The Balaban J connectivity index is 2.45. The highest BCUT2D eigenvalue weighted by atomic mass is 16.3. The zero-order valence-electron chi connectivity index (χ0n) is 9.88. The Morgan fingerprint density at radius 1 is 1.33 bits per heavy atom. The summed E-state index contributed by atoms with van der Waals surface area (Å²) in [5.74, 6) is 1.25. The Morgan fingerprint density at radius 2 is 2.07 bits per heavy atom. The van der Waals surface area contributed by atoms with Crippen molar-refractivity contribution in [2.75, 3.05) is 6.61 Å². The van der Waals surface area contributed by atoms with Crippen molar-refractivity contribution in [3.05, 3.63) is 34.4 Å². The lowest BCUT2D eigenvalue weighted by molar-refractivity contribution is 0.274. The topological polar surface area (TPSA) is 20.2 Å². The molecule has 1 aromatic rings. The van der Waals surface area contributed by atoms with Gasteiger partial charge < -0.3 is 5.11 Å². The van der Waals surface area contributed by atoms with Crippen molar-refractivity contribution in [3.8, 4) is 0 Å². The standard InChI is InChI=1S/C14H20O/c1-9-6-10(2)14-11(3)8-12(4-5-15)13(14)7-9/h6-7,11-12,15H,4-5,8H2,1-3H3. The van der Waals surface area contributed by atoms with Crippen LogP contribution in [0, 0.1) is 13.8 Å². The highest BCUT2D eigenvalue weighted by Gasteiger charge is 2.28. The van der Waals surface area contributed by atoms with Crippen molar-refractivity contribution in [1.29, 1.82) is 0 Å². The van der Waals surface area contributed by atoms with Gasteiger partial charge in [0, 0.05) is 6.61 Å². The molecule has 0 heterocycles. The number of hydrogen-bond donors (Lipinski definition) is 1. The van der Waals surface area contributed by atoms with Gasteiger partial charge in [-0.1, -0.05) is 24.6 Å². The third-order valence-corrected chi connectivity index (χ3v) is 3.61. The summed E-state index contributed by atoms with van der Waals surface area (Å²) in [6, 6.07) is 4.59. The lowest BCUT2D eigenvalue weighted by atomic mass is 9.94. The lowest BCUT2D eigenvalue weighted by Crippen LogP contribution is -1.97. The van der Waals surface area contributed by atoms with Crippen LogP contribution in [0.4, 0.5) is 0 Å². The molecule has 1 nitrogen and oxygen atoms in total. The van der Waals surface area contributed by atoms with Gasteiger partial charge in [0.1, 0.15) is 0 Å². The van der Waals surface area contributed by atoms with Gasteiger partial charge in [-0.05, 0) is 55.2 Å². The van der Waals surface area contributed by atoms with Crippen molar-refractivity contribution in [2.45, 2.75) is 45.4 Å². The van der Waals surface area contributed by atoms with Crippen LogP contribution >= 0.6 is 0 Å². The van der Waals surface area contributed by atoms with E-state index in [2.05, 4.69) is 32.9 Å². The average Bonchev–Trinajstić information content (AvgIpc) is 2.43. The fourth-order valence-electron chi connectivity index (χ4n) is 3.12. The van der Waals surface area contributed by atoms with Crippen LogP contribution in [0.3, 0.4) is 0 Å². The first-order valence-corrected chi connectivity index (χ1v) is 5.85. The van der Waals surface area contributed by atoms with Gasteiger partial charge in [-0.15, -0.1) is 0 Å². The maximum Gasteiger partial charge on any atom is 0.0436 e. The van der Waals surface area contributed by atoms with Crippen LogP contribution in [0.15, 0.2) is 12.1 Å². The molecule has 0 saturated heterocycles. The normalized spacial score (nSPS) is 24.3. The van der Waals surface area contributed by atoms with Crippen LogP contribution < -0.4 is 0 Å². The number of aryl methyl sites for hydroxylation is 2. The summed E-state index contributed by atoms with van der Waals surface area (Å²) >= 11 is 0. The molecular formula is C14H20O. The molecule has 1 aliphatic rings. The largest absolute Gasteiger partial charge is 0.396 e. The predicted octanol–water partition coefficient (Wildman–Crippen LogP) is 3.28. The number of aliphatic hydroxyl groups is 1. The Morgan fingerprint density at radius 3 is 2.73 bits per heavy atom. The van der Waals surface area contributed by atoms with Gasteiger partial charge in [0.15, 0.2) is 0 Å². The van der Waals surface area contributed by atoms with Crippen molar-refractivity contribution in [2.24, 2.45) is 0 Å². The first-order chi connectivity index (χ1) is 7.13. The molecule has 15 heavy (non-hydrogen) atoms. The summed E-state index contributed by atoms with van der Waals surface area (Å²) < 4.78 is 0. The number of benzene rings is 1. The van der Waals surface area contributed by atoms with E-state index in [4.69, 9.17) is 5.11 Å². The van der Waals surface area contributed by atoms with Crippen LogP contribution in [0.2, 0.25) is 0 Å². The van der Waals surface area contributed by atoms with Crippen molar-refractivity contribution < 1.29 is 5.11 Å². The van der Waals surface area contributed by atoms with Crippen LogP contribution in [0.5, 0.6) is 0 Å². The van der Waals surface area contributed by atoms with E-state index in [-0.39, 0.29) is 0 Å². The van der Waals surface area contributed by atoms with Crippen LogP contribution in [-0.2, 0) is 0 Å². The van der Waals surface area contributed by atoms with Crippen LogP contribution in [-0.4, -0.2) is 11.7 Å². The van der Waals surface area contributed by atoms with E-state index in [1.165, 1.54) is 23.1 Å². The van der Waals surface area contributed by atoms with Crippen LogP contribution in [0.25, 0.3) is 0 Å². The molecular weight excluding hydrogens is 184 g/mol. The minimum Gasteiger partial charge on any atom is -0.396 e. The molecule has 0 saturated carbocycles. The second kappa shape index (κ2) is 3.97. The third-order valence-electron chi connectivity index (χ3n) is 3.61. The molecule has 0 aromatic heterocycles. The molecule has 2 unspecified atom stereocenters. The molecule has 0 aliphatic heterocycles. The summed E-state index contributed by atoms with van der Waals surface area (Å²) in [7, 11) is 0. The summed E-state index contributed by atoms with van der Waals surface area (Å²) in [4.78, 5) is 0. The fraction of sp³-hybridized carbons (Fsp3) is 0.571. The highest BCUT2D eigenvalue weighted by Crippen LogP contribution is 2.44. The summed E-state index contributed by atoms with van der Waals surface area (Å²) in [5.41, 5.74) is 5.81. The Hall–Kier alpha value is -0.820. The van der Waals surface area contributed by atoms with E-state index >= 15 is 0 Å². The SMILES string of the molecule is Cc1cc(C)c2c(c1)C(CCO)CC2C. The number of rotatable bonds is 2. The van der Waals surface area contributed by atoms with Crippen molar-refractivity contribution in [1.82, 2.24) is 0 Å². The van der Waals surface area contributed by atoms with E-state index in [1.807, 2.05) is 0 Å². The smallest absolute Gasteiger partial charge is 0.0436 e. The Labute approximate surface area is 92.1 Å². The van der Waals surface area contributed by atoms with Crippen molar-refractivity contribution in [3.63, 3.8) is 0 Å². The van der Waals surface area contributed by atoms with Crippen molar-refractivity contribution >= 4 is 0 Å². The van der Waals surface area contributed by atoms with Gasteiger partial charge in [-0.25, -0.2) is 0 Å². The Kier molecular flexibility index (Phi) is 2.83.